The number of nitrogens with zero attached hydrogens (tertiary/aromatic N) is 2. The van der Waals surface area contributed by atoms with Gasteiger partial charge < -0.3 is 20.3 Å². The molecule has 2 amide bonds. The average Bonchev–Trinajstić information content (AvgIpc) is 3.05. The van der Waals surface area contributed by atoms with Gasteiger partial charge in [0.1, 0.15) is 5.75 Å². The van der Waals surface area contributed by atoms with Crippen LogP contribution in [0.15, 0.2) is 24.3 Å². The van der Waals surface area contributed by atoms with E-state index in [9.17, 15) is 9.59 Å². The molecule has 1 heterocycles. The molecule has 2 aliphatic rings. The van der Waals surface area contributed by atoms with Gasteiger partial charge in [0.2, 0.25) is 5.91 Å². The van der Waals surface area contributed by atoms with E-state index in [1.807, 2.05) is 36.1 Å². The number of ether oxygens (including phenoxy) is 1. The van der Waals surface area contributed by atoms with Crippen molar-refractivity contribution in [3.05, 3.63) is 29.8 Å². The first-order chi connectivity index (χ1) is 12.5. The van der Waals surface area contributed by atoms with Crippen LogP contribution in [0.3, 0.4) is 0 Å². The van der Waals surface area contributed by atoms with Gasteiger partial charge in [-0.25, -0.2) is 0 Å². The van der Waals surface area contributed by atoms with Gasteiger partial charge in [0.05, 0.1) is 0 Å². The minimum Gasteiger partial charge on any atom is -0.484 e. The molecule has 0 radical (unpaired) electrons. The van der Waals surface area contributed by atoms with Crippen LogP contribution in [0, 0.1) is 12.8 Å². The number of nitrogens with two attached hydrogens (primary N) is 1. The molecule has 0 unspecified atom stereocenters. The molecule has 1 saturated carbocycles. The third-order valence-corrected chi connectivity index (χ3v) is 5.52. The van der Waals surface area contributed by atoms with Gasteiger partial charge in [-0.2, -0.15) is 0 Å². The second-order valence-electron chi connectivity index (χ2n) is 7.42. The number of piperazine rings is 1. The van der Waals surface area contributed by atoms with Gasteiger partial charge in [-0.1, -0.05) is 24.1 Å². The van der Waals surface area contributed by atoms with Crippen molar-refractivity contribution in [2.45, 2.75) is 38.6 Å². The van der Waals surface area contributed by atoms with Gasteiger partial charge in [-0.15, -0.1) is 0 Å². The van der Waals surface area contributed by atoms with Crippen molar-refractivity contribution in [1.29, 1.82) is 0 Å². The fraction of sp³-hybridized carbons (Fsp3) is 0.600. The molecular weight excluding hydrogens is 330 g/mol. The predicted molar refractivity (Wildman–Crippen MR) is 99.8 cm³/mol. The van der Waals surface area contributed by atoms with Crippen LogP contribution in [0.25, 0.3) is 0 Å². The zero-order chi connectivity index (χ0) is 18.5. The molecule has 3 rings (SSSR count). The maximum atomic E-state index is 12.5. The Morgan fingerprint density at radius 2 is 1.65 bits per heavy atom. The minimum absolute atomic E-state index is 0.0320. The number of benzene rings is 1. The maximum absolute atomic E-state index is 12.5. The van der Waals surface area contributed by atoms with E-state index in [1.54, 1.807) is 4.90 Å². The Hall–Kier alpha value is -2.08. The van der Waals surface area contributed by atoms with Crippen molar-refractivity contribution in [3.8, 4) is 5.75 Å². The van der Waals surface area contributed by atoms with Crippen LogP contribution in [0.1, 0.15) is 31.2 Å². The molecule has 2 N–H and O–H groups in total. The Morgan fingerprint density at radius 1 is 1.04 bits per heavy atom. The van der Waals surface area contributed by atoms with E-state index in [1.165, 1.54) is 0 Å². The second kappa shape index (κ2) is 8.54. The van der Waals surface area contributed by atoms with Crippen LogP contribution in [-0.4, -0.2) is 60.4 Å². The highest BCUT2D eigenvalue weighted by Gasteiger charge is 2.30. The topological polar surface area (TPSA) is 75.9 Å². The molecule has 0 spiro atoms. The smallest absolute Gasteiger partial charge is 0.260 e. The normalized spacial score (nSPS) is 23.2. The Kier molecular flexibility index (Phi) is 6.14. The first-order valence-corrected chi connectivity index (χ1v) is 9.53. The number of rotatable bonds is 5. The highest BCUT2D eigenvalue weighted by atomic mass is 16.5. The monoisotopic (exact) mass is 359 g/mol. The van der Waals surface area contributed by atoms with E-state index in [2.05, 4.69) is 0 Å². The quantitative estimate of drug-likeness (QED) is 0.866. The third-order valence-electron chi connectivity index (χ3n) is 5.52. The van der Waals surface area contributed by atoms with E-state index in [4.69, 9.17) is 10.5 Å². The third kappa shape index (κ3) is 4.75. The summed E-state index contributed by atoms with van der Waals surface area (Å²) >= 11 is 0. The number of hydrogen-bond donors (Lipinski definition) is 1. The van der Waals surface area contributed by atoms with Crippen molar-refractivity contribution >= 4 is 11.8 Å². The van der Waals surface area contributed by atoms with Gasteiger partial charge in [-0.05, 0) is 37.8 Å². The Labute approximate surface area is 155 Å². The van der Waals surface area contributed by atoms with Crippen molar-refractivity contribution < 1.29 is 14.3 Å². The van der Waals surface area contributed by atoms with Gasteiger partial charge in [0.25, 0.3) is 5.91 Å². The summed E-state index contributed by atoms with van der Waals surface area (Å²) in [5.41, 5.74) is 7.23. The molecule has 26 heavy (non-hydrogen) atoms. The lowest BCUT2D eigenvalue weighted by Gasteiger charge is -2.35. The fourth-order valence-corrected chi connectivity index (χ4v) is 3.75. The lowest BCUT2D eigenvalue weighted by Crippen LogP contribution is -2.52. The molecule has 0 aromatic heterocycles. The van der Waals surface area contributed by atoms with Crippen molar-refractivity contribution in [1.82, 2.24) is 9.80 Å². The lowest BCUT2D eigenvalue weighted by molar-refractivity contribution is -0.141. The van der Waals surface area contributed by atoms with Crippen LogP contribution >= 0.6 is 0 Å². The van der Waals surface area contributed by atoms with Crippen LogP contribution in [0.2, 0.25) is 0 Å². The summed E-state index contributed by atoms with van der Waals surface area (Å²) in [7, 11) is 0. The summed E-state index contributed by atoms with van der Waals surface area (Å²) < 4.78 is 5.57. The number of carbonyl (C=O) groups is 2. The average molecular weight is 359 g/mol. The van der Waals surface area contributed by atoms with Crippen LogP contribution in [0.5, 0.6) is 5.75 Å². The van der Waals surface area contributed by atoms with Crippen LogP contribution in [0.4, 0.5) is 0 Å². The van der Waals surface area contributed by atoms with E-state index in [0.29, 0.717) is 44.3 Å². The molecule has 1 aromatic carbocycles. The first kappa shape index (κ1) is 18.7. The molecule has 2 atom stereocenters. The predicted octanol–water partition coefficient (Wildman–Crippen LogP) is 1.56. The van der Waals surface area contributed by atoms with Crippen LogP contribution in [-0.2, 0) is 9.59 Å². The lowest BCUT2D eigenvalue weighted by atomic mass is 9.99. The molecule has 1 aliphatic heterocycles. The molecule has 1 aliphatic carbocycles. The molecule has 6 nitrogen and oxygen atoms in total. The molecule has 6 heteroatoms. The Morgan fingerprint density at radius 3 is 2.23 bits per heavy atom. The Bertz CT molecular complexity index is 624. The molecule has 1 saturated heterocycles. The van der Waals surface area contributed by atoms with Crippen molar-refractivity contribution in [2.24, 2.45) is 11.7 Å². The summed E-state index contributed by atoms with van der Waals surface area (Å²) in [6.07, 6.45) is 3.76. The molecule has 0 bridgehead atoms. The van der Waals surface area contributed by atoms with E-state index in [-0.39, 0.29) is 24.5 Å². The summed E-state index contributed by atoms with van der Waals surface area (Å²) in [5, 5.41) is 0. The van der Waals surface area contributed by atoms with E-state index >= 15 is 0 Å². The van der Waals surface area contributed by atoms with Gasteiger partial charge >= 0.3 is 0 Å². The Balaban J connectivity index is 1.40. The zero-order valence-electron chi connectivity index (χ0n) is 15.5. The fourth-order valence-electron chi connectivity index (χ4n) is 3.75. The minimum atomic E-state index is -0.0320. The number of carbonyl (C=O) groups excluding carboxylic acids is 2. The zero-order valence-corrected chi connectivity index (χ0v) is 15.5. The molecule has 2 fully saturated rings. The molecule has 1 aromatic rings. The highest BCUT2D eigenvalue weighted by molar-refractivity contribution is 5.79. The van der Waals surface area contributed by atoms with Gasteiger partial charge in [0, 0.05) is 38.6 Å². The van der Waals surface area contributed by atoms with Gasteiger partial charge in [0.15, 0.2) is 6.61 Å². The summed E-state index contributed by atoms with van der Waals surface area (Å²) in [5.74, 6) is 1.17. The summed E-state index contributed by atoms with van der Waals surface area (Å²) in [6.45, 7) is 4.37. The largest absolute Gasteiger partial charge is 0.484 e. The number of aryl methyl sites for hydroxylation is 1. The highest BCUT2D eigenvalue weighted by Crippen LogP contribution is 2.27. The molecule has 142 valence electrons. The van der Waals surface area contributed by atoms with Crippen LogP contribution < -0.4 is 10.5 Å². The summed E-state index contributed by atoms with van der Waals surface area (Å²) in [4.78, 5) is 28.4. The SMILES string of the molecule is Cc1ccc(OCC(=O)N2CCN(C(=O)C[C@@H]3CCC[C@H]3N)CC2)cc1. The maximum Gasteiger partial charge on any atom is 0.260 e. The van der Waals surface area contributed by atoms with Crippen molar-refractivity contribution in [2.75, 3.05) is 32.8 Å². The van der Waals surface area contributed by atoms with E-state index < -0.39 is 0 Å². The van der Waals surface area contributed by atoms with E-state index in [0.717, 1.165) is 24.8 Å². The van der Waals surface area contributed by atoms with Gasteiger partial charge in [-0.3, -0.25) is 9.59 Å². The first-order valence-electron chi connectivity index (χ1n) is 9.53. The summed E-state index contributed by atoms with van der Waals surface area (Å²) in [6, 6.07) is 7.82. The second-order valence-corrected chi connectivity index (χ2v) is 7.42. The standard InChI is InChI=1S/C20H29N3O3/c1-15-5-7-17(8-6-15)26-14-20(25)23-11-9-22(10-12-23)19(24)13-16-3-2-4-18(16)21/h5-8,16,18H,2-4,9-14,21H2,1H3/t16-,18+/m0/s1. The number of hydrogen-bond acceptors (Lipinski definition) is 4. The number of amides is 2. The molecular formula is C20H29N3O3. The van der Waals surface area contributed by atoms with Crippen molar-refractivity contribution in [3.63, 3.8) is 0 Å².